The molecule has 0 spiro atoms. The Labute approximate surface area is 103 Å². The Morgan fingerprint density at radius 1 is 1.33 bits per heavy atom. The third kappa shape index (κ3) is 2.28. The van der Waals surface area contributed by atoms with Crippen LogP contribution in [-0.2, 0) is 9.59 Å². The molecule has 0 saturated carbocycles. The van der Waals surface area contributed by atoms with Crippen molar-refractivity contribution in [1.29, 1.82) is 0 Å². The molecular weight excluding hydrogens is 237 g/mol. The second kappa shape index (κ2) is 5.05. The number of carbonyl (C=O) groups is 2. The number of amidine groups is 1. The monoisotopic (exact) mass is 249 g/mol. The average molecular weight is 249 g/mol. The van der Waals surface area contributed by atoms with Crippen molar-refractivity contribution in [2.24, 2.45) is 10.7 Å². The molecule has 6 heteroatoms. The SMILES string of the molecule is NCCC1=NC(=O)C(c2ccccc2F)C(=O)N1. The molecule has 1 aromatic carbocycles. The third-order valence-electron chi connectivity index (χ3n) is 2.62. The fourth-order valence-electron chi connectivity index (χ4n) is 1.79. The summed E-state index contributed by atoms with van der Waals surface area (Å²) >= 11 is 0. The summed E-state index contributed by atoms with van der Waals surface area (Å²) in [6.07, 6.45) is 0.307. The van der Waals surface area contributed by atoms with Crippen molar-refractivity contribution in [2.75, 3.05) is 6.54 Å². The topological polar surface area (TPSA) is 84.5 Å². The molecule has 5 nitrogen and oxygen atoms in total. The number of rotatable bonds is 3. The summed E-state index contributed by atoms with van der Waals surface area (Å²) in [6.45, 7) is 0.275. The van der Waals surface area contributed by atoms with E-state index in [9.17, 15) is 14.0 Å². The molecule has 1 aromatic rings. The normalized spacial score (nSPS) is 19.4. The summed E-state index contributed by atoms with van der Waals surface area (Å²) in [4.78, 5) is 27.3. The van der Waals surface area contributed by atoms with Crippen LogP contribution in [0.25, 0.3) is 0 Å². The molecule has 2 rings (SSSR count). The van der Waals surface area contributed by atoms with Gasteiger partial charge in [-0.25, -0.2) is 4.39 Å². The van der Waals surface area contributed by atoms with Gasteiger partial charge in [0.15, 0.2) is 0 Å². The Balaban J connectivity index is 2.34. The highest BCUT2D eigenvalue weighted by atomic mass is 19.1. The van der Waals surface area contributed by atoms with Gasteiger partial charge in [-0.15, -0.1) is 0 Å². The van der Waals surface area contributed by atoms with E-state index in [0.717, 1.165) is 0 Å². The van der Waals surface area contributed by atoms with Crippen molar-refractivity contribution in [3.8, 4) is 0 Å². The first-order valence-electron chi connectivity index (χ1n) is 5.50. The quantitative estimate of drug-likeness (QED) is 0.756. The molecule has 94 valence electrons. The van der Waals surface area contributed by atoms with Crippen LogP contribution in [0.2, 0.25) is 0 Å². The van der Waals surface area contributed by atoms with Crippen molar-refractivity contribution in [3.05, 3.63) is 35.6 Å². The Hall–Kier alpha value is -2.08. The van der Waals surface area contributed by atoms with Gasteiger partial charge in [0.25, 0.3) is 5.91 Å². The average Bonchev–Trinajstić information content (AvgIpc) is 2.31. The Bertz CT molecular complexity index is 528. The molecule has 18 heavy (non-hydrogen) atoms. The highest BCUT2D eigenvalue weighted by Crippen LogP contribution is 2.23. The lowest BCUT2D eigenvalue weighted by Gasteiger charge is -2.20. The van der Waals surface area contributed by atoms with E-state index in [4.69, 9.17) is 5.73 Å². The van der Waals surface area contributed by atoms with Gasteiger partial charge in [0.2, 0.25) is 5.91 Å². The molecule has 0 aromatic heterocycles. The summed E-state index contributed by atoms with van der Waals surface area (Å²) in [5.41, 5.74) is 5.35. The molecule has 0 bridgehead atoms. The number of halogens is 1. The number of nitrogens with one attached hydrogen (secondary N) is 1. The van der Waals surface area contributed by atoms with Gasteiger partial charge in [-0.3, -0.25) is 9.59 Å². The number of aliphatic imine (C=N–C) groups is 1. The van der Waals surface area contributed by atoms with Gasteiger partial charge < -0.3 is 11.1 Å². The lowest BCUT2D eigenvalue weighted by atomic mass is 9.95. The van der Waals surface area contributed by atoms with E-state index in [1.165, 1.54) is 18.2 Å². The predicted octanol–water partition coefficient (Wildman–Crippen LogP) is 0.313. The van der Waals surface area contributed by atoms with Gasteiger partial charge in [-0.1, -0.05) is 18.2 Å². The van der Waals surface area contributed by atoms with Crippen molar-refractivity contribution in [2.45, 2.75) is 12.3 Å². The number of benzene rings is 1. The highest BCUT2D eigenvalue weighted by Gasteiger charge is 2.34. The Morgan fingerprint density at radius 3 is 2.67 bits per heavy atom. The minimum absolute atomic E-state index is 0.0375. The van der Waals surface area contributed by atoms with Gasteiger partial charge >= 0.3 is 0 Å². The van der Waals surface area contributed by atoms with E-state index in [-0.39, 0.29) is 17.9 Å². The third-order valence-corrected chi connectivity index (χ3v) is 2.62. The molecule has 1 atom stereocenters. The summed E-state index contributed by atoms with van der Waals surface area (Å²) in [6, 6.07) is 5.67. The lowest BCUT2D eigenvalue weighted by Crippen LogP contribution is -2.43. The van der Waals surface area contributed by atoms with Crippen LogP contribution in [0, 0.1) is 5.82 Å². The summed E-state index contributed by atoms with van der Waals surface area (Å²) < 4.78 is 13.6. The fraction of sp³-hybridized carbons (Fsp3) is 0.250. The number of hydrogen-bond acceptors (Lipinski definition) is 3. The maximum atomic E-state index is 13.6. The number of carbonyl (C=O) groups excluding carboxylic acids is 2. The van der Waals surface area contributed by atoms with E-state index in [0.29, 0.717) is 6.42 Å². The molecule has 3 N–H and O–H groups in total. The second-order valence-corrected chi connectivity index (χ2v) is 3.88. The maximum Gasteiger partial charge on any atom is 0.264 e. The first-order valence-corrected chi connectivity index (χ1v) is 5.50. The zero-order valence-corrected chi connectivity index (χ0v) is 9.52. The van der Waals surface area contributed by atoms with Crippen molar-refractivity contribution in [1.82, 2.24) is 5.32 Å². The molecule has 2 amide bonds. The zero-order chi connectivity index (χ0) is 13.1. The van der Waals surface area contributed by atoms with Crippen LogP contribution in [0.5, 0.6) is 0 Å². The fourth-order valence-corrected chi connectivity index (χ4v) is 1.79. The predicted molar refractivity (Wildman–Crippen MR) is 63.4 cm³/mol. The molecule has 0 aliphatic carbocycles. The molecule has 0 saturated heterocycles. The van der Waals surface area contributed by atoms with Crippen LogP contribution in [-0.4, -0.2) is 24.2 Å². The van der Waals surface area contributed by atoms with E-state index in [1.807, 2.05) is 0 Å². The van der Waals surface area contributed by atoms with E-state index < -0.39 is 23.5 Å². The van der Waals surface area contributed by atoms with Gasteiger partial charge in [-0.2, -0.15) is 4.99 Å². The number of nitrogens with two attached hydrogens (primary N) is 1. The molecule has 1 aliphatic heterocycles. The number of hydrogen-bond donors (Lipinski definition) is 2. The highest BCUT2D eigenvalue weighted by molar-refractivity contribution is 6.19. The van der Waals surface area contributed by atoms with Gasteiger partial charge in [0, 0.05) is 12.0 Å². The summed E-state index contributed by atoms with van der Waals surface area (Å²) in [5, 5.41) is 2.47. The largest absolute Gasteiger partial charge is 0.330 e. The van der Waals surface area contributed by atoms with Gasteiger partial charge in [0.05, 0.1) is 0 Å². The van der Waals surface area contributed by atoms with Gasteiger partial charge in [-0.05, 0) is 12.6 Å². The molecule has 0 radical (unpaired) electrons. The zero-order valence-electron chi connectivity index (χ0n) is 9.52. The van der Waals surface area contributed by atoms with Gasteiger partial charge in [0.1, 0.15) is 17.6 Å². The minimum Gasteiger partial charge on any atom is -0.330 e. The minimum atomic E-state index is -1.22. The Morgan fingerprint density at radius 2 is 2.06 bits per heavy atom. The van der Waals surface area contributed by atoms with Crippen molar-refractivity contribution >= 4 is 17.6 Å². The maximum absolute atomic E-state index is 13.6. The summed E-state index contributed by atoms with van der Waals surface area (Å²) in [7, 11) is 0. The number of nitrogens with zero attached hydrogens (tertiary/aromatic N) is 1. The molecule has 1 unspecified atom stereocenters. The molecule has 1 heterocycles. The van der Waals surface area contributed by atoms with Crippen LogP contribution in [0.3, 0.4) is 0 Å². The first-order chi connectivity index (χ1) is 8.63. The second-order valence-electron chi connectivity index (χ2n) is 3.88. The molecular formula is C12H12FN3O2. The standard InChI is InChI=1S/C12H12FN3O2/c13-8-4-2-1-3-7(8)10-11(17)15-9(5-6-14)16-12(10)18/h1-4,10H,5-6,14H2,(H,15,16,17,18). The smallest absolute Gasteiger partial charge is 0.264 e. The van der Waals surface area contributed by atoms with Crippen molar-refractivity contribution < 1.29 is 14.0 Å². The Kier molecular flexibility index (Phi) is 3.47. The van der Waals surface area contributed by atoms with E-state index in [2.05, 4.69) is 10.3 Å². The van der Waals surface area contributed by atoms with Crippen LogP contribution >= 0.6 is 0 Å². The molecule has 0 fully saturated rings. The van der Waals surface area contributed by atoms with E-state index >= 15 is 0 Å². The number of amides is 2. The van der Waals surface area contributed by atoms with Crippen LogP contribution < -0.4 is 11.1 Å². The molecule has 1 aliphatic rings. The first kappa shape index (κ1) is 12.4. The van der Waals surface area contributed by atoms with E-state index in [1.54, 1.807) is 6.07 Å². The van der Waals surface area contributed by atoms with Crippen LogP contribution in [0.15, 0.2) is 29.3 Å². The summed E-state index contributed by atoms with van der Waals surface area (Å²) in [5.74, 6) is -2.80. The lowest BCUT2D eigenvalue weighted by molar-refractivity contribution is -0.130. The van der Waals surface area contributed by atoms with Crippen LogP contribution in [0.4, 0.5) is 4.39 Å². The van der Waals surface area contributed by atoms with Crippen LogP contribution in [0.1, 0.15) is 17.9 Å². The van der Waals surface area contributed by atoms with Crippen molar-refractivity contribution in [3.63, 3.8) is 0 Å².